The second kappa shape index (κ2) is 9.11. The van der Waals surface area contributed by atoms with Crippen LogP contribution in [0, 0.1) is 5.82 Å². The molecule has 1 unspecified atom stereocenters. The van der Waals surface area contributed by atoms with Gasteiger partial charge in [0.15, 0.2) is 0 Å². The number of hydrogen-bond donors (Lipinski definition) is 1. The van der Waals surface area contributed by atoms with Gasteiger partial charge in [-0.25, -0.2) is 9.18 Å². The molecule has 0 fully saturated rings. The third kappa shape index (κ3) is 4.30. The monoisotopic (exact) mass is 474 g/mol. The molecule has 1 aromatic heterocycles. The van der Waals surface area contributed by atoms with E-state index in [1.54, 1.807) is 35.2 Å². The Bertz CT molecular complexity index is 1390. The van der Waals surface area contributed by atoms with Crippen molar-refractivity contribution < 1.29 is 13.7 Å². The van der Waals surface area contributed by atoms with Crippen molar-refractivity contribution >= 4 is 23.2 Å². The maximum atomic E-state index is 14.1. The lowest BCUT2D eigenvalue weighted by molar-refractivity contribution is 0.203. The van der Waals surface area contributed by atoms with E-state index >= 15 is 0 Å². The molecular weight excluding hydrogens is 455 g/mol. The largest absolute Gasteiger partial charge is 0.334 e. The second-order valence-electron chi connectivity index (χ2n) is 7.94. The van der Waals surface area contributed by atoms with Crippen LogP contribution in [-0.2, 0) is 6.54 Å². The van der Waals surface area contributed by atoms with Crippen LogP contribution in [-0.4, -0.2) is 21.1 Å². The number of nitrogens with one attached hydrogen (secondary N) is 1. The van der Waals surface area contributed by atoms with Gasteiger partial charge in [-0.05, 0) is 42.3 Å². The minimum absolute atomic E-state index is 0.236. The molecule has 170 valence electrons. The molecule has 1 aliphatic heterocycles. The Kier molecular flexibility index (Phi) is 5.86. The third-order valence-electron chi connectivity index (χ3n) is 5.70. The van der Waals surface area contributed by atoms with Crippen LogP contribution >= 0.6 is 11.6 Å². The molecule has 8 heteroatoms. The van der Waals surface area contributed by atoms with Crippen LogP contribution in [0.1, 0.15) is 30.0 Å². The van der Waals surface area contributed by atoms with Gasteiger partial charge in [0, 0.05) is 16.3 Å². The number of benzene rings is 3. The average Bonchev–Trinajstić information content (AvgIpc) is 3.32. The fourth-order valence-corrected chi connectivity index (χ4v) is 4.22. The Morgan fingerprint density at radius 2 is 1.85 bits per heavy atom. The highest BCUT2D eigenvalue weighted by Gasteiger charge is 2.36. The summed E-state index contributed by atoms with van der Waals surface area (Å²) in [6, 6.07) is 21.9. The number of urea groups is 1. The zero-order valence-corrected chi connectivity index (χ0v) is 19.0. The molecule has 1 N–H and O–H groups in total. The number of rotatable bonds is 5. The van der Waals surface area contributed by atoms with Gasteiger partial charge in [-0.15, -0.1) is 0 Å². The summed E-state index contributed by atoms with van der Waals surface area (Å²) in [5.74, 6) is 0.197. The van der Waals surface area contributed by atoms with Crippen molar-refractivity contribution in [2.45, 2.75) is 19.5 Å². The first-order valence-corrected chi connectivity index (χ1v) is 11.1. The summed E-state index contributed by atoms with van der Waals surface area (Å²) in [4.78, 5) is 19.3. The SMILES string of the molecule is CC1=C(c2nc(-c3cccc(Cl)c3)no2)C(c2cccc(F)c2)NC(=O)N1Cc1ccccc1. The molecule has 0 spiro atoms. The highest BCUT2D eigenvalue weighted by molar-refractivity contribution is 6.30. The Morgan fingerprint density at radius 1 is 1.06 bits per heavy atom. The second-order valence-corrected chi connectivity index (χ2v) is 8.38. The Balaban J connectivity index is 1.61. The fourth-order valence-electron chi connectivity index (χ4n) is 4.03. The van der Waals surface area contributed by atoms with Gasteiger partial charge >= 0.3 is 6.03 Å². The molecule has 5 rings (SSSR count). The minimum atomic E-state index is -0.664. The van der Waals surface area contributed by atoms with Gasteiger partial charge in [0.2, 0.25) is 5.82 Å². The van der Waals surface area contributed by atoms with Crippen LogP contribution < -0.4 is 5.32 Å². The highest BCUT2D eigenvalue weighted by Crippen LogP contribution is 2.38. The average molecular weight is 475 g/mol. The predicted molar refractivity (Wildman–Crippen MR) is 127 cm³/mol. The van der Waals surface area contributed by atoms with Crippen LogP contribution in [0.4, 0.5) is 9.18 Å². The number of halogens is 2. The van der Waals surface area contributed by atoms with E-state index in [9.17, 15) is 9.18 Å². The maximum absolute atomic E-state index is 14.1. The fraction of sp³-hybridized carbons (Fsp3) is 0.115. The molecule has 3 aromatic carbocycles. The van der Waals surface area contributed by atoms with E-state index in [1.165, 1.54) is 12.1 Å². The lowest BCUT2D eigenvalue weighted by Gasteiger charge is -2.35. The maximum Gasteiger partial charge on any atom is 0.322 e. The first kappa shape index (κ1) is 21.9. The summed E-state index contributed by atoms with van der Waals surface area (Å²) >= 11 is 6.12. The molecule has 2 heterocycles. The Hall–Kier alpha value is -3.97. The molecule has 1 atom stereocenters. The number of hydrogen-bond acceptors (Lipinski definition) is 4. The van der Waals surface area contributed by atoms with Crippen molar-refractivity contribution in [2.24, 2.45) is 0 Å². The highest BCUT2D eigenvalue weighted by atomic mass is 35.5. The quantitative estimate of drug-likeness (QED) is 0.372. The number of carbonyl (C=O) groups is 1. The predicted octanol–water partition coefficient (Wildman–Crippen LogP) is 6.23. The first-order valence-electron chi connectivity index (χ1n) is 10.7. The molecule has 1 aliphatic rings. The number of nitrogens with zero attached hydrogens (tertiary/aromatic N) is 3. The van der Waals surface area contributed by atoms with Crippen molar-refractivity contribution in [1.29, 1.82) is 0 Å². The van der Waals surface area contributed by atoms with Gasteiger partial charge < -0.3 is 9.84 Å². The van der Waals surface area contributed by atoms with E-state index in [-0.39, 0.29) is 11.9 Å². The number of carbonyl (C=O) groups excluding carboxylic acids is 1. The lowest BCUT2D eigenvalue weighted by atomic mass is 9.94. The van der Waals surface area contributed by atoms with Crippen molar-refractivity contribution in [1.82, 2.24) is 20.4 Å². The molecule has 34 heavy (non-hydrogen) atoms. The van der Waals surface area contributed by atoms with Gasteiger partial charge in [0.05, 0.1) is 18.2 Å². The van der Waals surface area contributed by atoms with Gasteiger partial charge in [0.1, 0.15) is 5.82 Å². The van der Waals surface area contributed by atoms with E-state index in [4.69, 9.17) is 16.1 Å². The summed E-state index contributed by atoms with van der Waals surface area (Å²) < 4.78 is 19.7. The molecule has 4 aromatic rings. The zero-order valence-electron chi connectivity index (χ0n) is 18.2. The van der Waals surface area contributed by atoms with Crippen molar-refractivity contribution in [3.05, 3.63) is 112 Å². The van der Waals surface area contributed by atoms with Crippen LogP contribution in [0.25, 0.3) is 17.0 Å². The molecule has 6 nitrogen and oxygen atoms in total. The van der Waals surface area contributed by atoms with Crippen molar-refractivity contribution in [3.8, 4) is 11.4 Å². The first-order chi connectivity index (χ1) is 16.5. The summed E-state index contributed by atoms with van der Waals surface area (Å²) in [5, 5.41) is 7.66. The molecule has 0 saturated carbocycles. The van der Waals surface area contributed by atoms with Crippen molar-refractivity contribution in [3.63, 3.8) is 0 Å². The molecule has 0 bridgehead atoms. The summed E-state index contributed by atoms with van der Waals surface area (Å²) in [5.41, 5.74) is 3.48. The van der Waals surface area contributed by atoms with Crippen LogP contribution in [0.5, 0.6) is 0 Å². The van der Waals surface area contributed by atoms with Gasteiger partial charge in [-0.3, -0.25) is 4.90 Å². The van der Waals surface area contributed by atoms with E-state index in [2.05, 4.69) is 15.5 Å². The Morgan fingerprint density at radius 3 is 2.62 bits per heavy atom. The minimum Gasteiger partial charge on any atom is -0.334 e. The number of amides is 2. The molecule has 0 saturated heterocycles. The van der Waals surface area contributed by atoms with E-state index in [0.29, 0.717) is 39.8 Å². The summed E-state index contributed by atoms with van der Waals surface area (Å²) in [7, 11) is 0. The molecular formula is C26H20ClFN4O2. The lowest BCUT2D eigenvalue weighted by Crippen LogP contribution is -2.45. The van der Waals surface area contributed by atoms with Crippen molar-refractivity contribution in [2.75, 3.05) is 0 Å². The van der Waals surface area contributed by atoms with E-state index < -0.39 is 11.9 Å². The topological polar surface area (TPSA) is 71.3 Å². The van der Waals surface area contributed by atoms with Gasteiger partial charge in [-0.2, -0.15) is 4.98 Å². The normalized spacial score (nSPS) is 16.0. The van der Waals surface area contributed by atoms with Gasteiger partial charge in [0.25, 0.3) is 5.89 Å². The number of allylic oxidation sites excluding steroid dienone is 1. The molecule has 0 radical (unpaired) electrons. The van der Waals surface area contributed by atoms with E-state index in [1.807, 2.05) is 43.3 Å². The zero-order chi connectivity index (χ0) is 23.7. The molecule has 2 amide bonds. The smallest absolute Gasteiger partial charge is 0.322 e. The standard InChI is InChI=1S/C26H20ClFN4O2/c1-16-22(25-30-24(31-34-25)19-10-5-11-20(27)13-19)23(18-9-6-12-21(28)14-18)29-26(33)32(16)15-17-7-3-2-4-8-17/h2-14,23H,15H2,1H3,(H,29,33). The van der Waals surface area contributed by atoms with Crippen LogP contribution in [0.15, 0.2) is 89.1 Å². The number of aromatic nitrogens is 2. The van der Waals surface area contributed by atoms with Crippen LogP contribution in [0.3, 0.4) is 0 Å². The van der Waals surface area contributed by atoms with Gasteiger partial charge in [-0.1, -0.05) is 71.4 Å². The summed E-state index contributed by atoms with van der Waals surface area (Å²) in [6.45, 7) is 2.18. The van der Waals surface area contributed by atoms with E-state index in [0.717, 1.165) is 5.56 Å². The van der Waals surface area contributed by atoms with Crippen LogP contribution in [0.2, 0.25) is 5.02 Å². The third-order valence-corrected chi connectivity index (χ3v) is 5.94. The Labute approximate surface area is 200 Å². The molecule has 0 aliphatic carbocycles. The summed E-state index contributed by atoms with van der Waals surface area (Å²) in [6.07, 6.45) is 0.